The molecule has 4 rings (SSSR count). The van der Waals surface area contributed by atoms with Crippen LogP contribution in [0.15, 0.2) is 99.9 Å². The van der Waals surface area contributed by atoms with Crippen molar-refractivity contribution in [2.24, 2.45) is 5.41 Å². The second kappa shape index (κ2) is 9.10. The Morgan fingerprint density at radius 3 is 2.14 bits per heavy atom. The van der Waals surface area contributed by atoms with Crippen molar-refractivity contribution in [2.75, 3.05) is 5.75 Å². The highest BCUT2D eigenvalue weighted by atomic mass is 32.2. The fraction of sp³-hybridized carbons (Fsp3) is 0.240. The van der Waals surface area contributed by atoms with E-state index in [9.17, 15) is 0 Å². The number of para-hydroxylation sites is 2. The third-order valence-electron chi connectivity index (χ3n) is 4.96. The summed E-state index contributed by atoms with van der Waals surface area (Å²) in [5, 5.41) is 1.07. The van der Waals surface area contributed by atoms with E-state index in [4.69, 9.17) is 4.98 Å². The predicted molar refractivity (Wildman–Crippen MR) is 126 cm³/mol. The van der Waals surface area contributed by atoms with Gasteiger partial charge in [-0.05, 0) is 48.2 Å². The van der Waals surface area contributed by atoms with Crippen molar-refractivity contribution in [3.8, 4) is 0 Å². The summed E-state index contributed by atoms with van der Waals surface area (Å²) in [6, 6.07) is 29.7. The van der Waals surface area contributed by atoms with Crippen molar-refractivity contribution in [2.45, 2.75) is 41.8 Å². The number of fused-ring (bicyclic) bond motifs is 1. The Labute approximate surface area is 181 Å². The highest BCUT2D eigenvalue weighted by Crippen LogP contribution is 2.34. The number of imidazole rings is 1. The average Bonchev–Trinajstić information content (AvgIpc) is 3.09. The average molecular weight is 419 g/mol. The zero-order valence-corrected chi connectivity index (χ0v) is 18.5. The summed E-state index contributed by atoms with van der Waals surface area (Å²) in [6.07, 6.45) is 1.11. The maximum atomic E-state index is 4.92. The second-order valence-electron chi connectivity index (χ2n) is 7.97. The van der Waals surface area contributed by atoms with E-state index in [2.05, 4.69) is 103 Å². The molecule has 3 aromatic carbocycles. The minimum absolute atomic E-state index is 0.237. The number of benzene rings is 3. The lowest BCUT2D eigenvalue weighted by Crippen LogP contribution is -2.18. The van der Waals surface area contributed by atoms with Gasteiger partial charge < -0.3 is 4.57 Å². The van der Waals surface area contributed by atoms with Crippen molar-refractivity contribution in [3.63, 3.8) is 0 Å². The highest BCUT2D eigenvalue weighted by Gasteiger charge is 2.20. The molecule has 0 spiro atoms. The molecule has 0 aliphatic carbocycles. The molecule has 0 amide bonds. The monoisotopic (exact) mass is 418 g/mol. The molecule has 0 aliphatic heterocycles. The number of hydrogen-bond acceptors (Lipinski definition) is 3. The van der Waals surface area contributed by atoms with Crippen LogP contribution in [-0.4, -0.2) is 15.3 Å². The summed E-state index contributed by atoms with van der Waals surface area (Å²) in [5.74, 6) is 1.10. The molecular weight excluding hydrogens is 392 g/mol. The van der Waals surface area contributed by atoms with Crippen LogP contribution in [0.5, 0.6) is 0 Å². The molecule has 29 heavy (non-hydrogen) atoms. The summed E-state index contributed by atoms with van der Waals surface area (Å²) in [5.41, 5.74) is 2.53. The van der Waals surface area contributed by atoms with E-state index in [1.165, 1.54) is 15.3 Å². The molecule has 4 aromatic rings. The number of nitrogens with zero attached hydrogens (tertiary/aromatic N) is 2. The van der Waals surface area contributed by atoms with Crippen molar-refractivity contribution < 1.29 is 0 Å². The van der Waals surface area contributed by atoms with Crippen LogP contribution >= 0.6 is 23.5 Å². The SMILES string of the molecule is CC(C)(CCn1c(Sc2ccccc2)nc2ccccc21)CSc1ccccc1. The van der Waals surface area contributed by atoms with Gasteiger partial charge in [0.2, 0.25) is 0 Å². The number of hydrogen-bond donors (Lipinski definition) is 0. The van der Waals surface area contributed by atoms with Crippen LogP contribution in [0.25, 0.3) is 11.0 Å². The van der Waals surface area contributed by atoms with Gasteiger partial charge in [0, 0.05) is 22.1 Å². The van der Waals surface area contributed by atoms with Gasteiger partial charge >= 0.3 is 0 Å². The van der Waals surface area contributed by atoms with Crippen molar-refractivity contribution in [3.05, 3.63) is 84.9 Å². The summed E-state index contributed by atoms with van der Waals surface area (Å²) in [6.45, 7) is 5.70. The molecule has 0 N–H and O–H groups in total. The van der Waals surface area contributed by atoms with Gasteiger partial charge in [-0.15, -0.1) is 11.8 Å². The Kier molecular flexibility index (Phi) is 6.31. The van der Waals surface area contributed by atoms with Gasteiger partial charge in [0.1, 0.15) is 0 Å². The van der Waals surface area contributed by atoms with Gasteiger partial charge in [-0.1, -0.05) is 74.1 Å². The summed E-state index contributed by atoms with van der Waals surface area (Å²) >= 11 is 3.69. The quantitative estimate of drug-likeness (QED) is 0.278. The molecule has 4 heteroatoms. The van der Waals surface area contributed by atoms with E-state index in [1.54, 1.807) is 11.8 Å². The van der Waals surface area contributed by atoms with Crippen LogP contribution in [0.4, 0.5) is 0 Å². The van der Waals surface area contributed by atoms with Crippen LogP contribution in [-0.2, 0) is 6.54 Å². The zero-order chi connectivity index (χ0) is 20.1. The van der Waals surface area contributed by atoms with Crippen LogP contribution in [0.2, 0.25) is 0 Å². The van der Waals surface area contributed by atoms with Gasteiger partial charge in [0.05, 0.1) is 11.0 Å². The first kappa shape index (κ1) is 20.1. The number of thioether (sulfide) groups is 1. The van der Waals surface area contributed by atoms with E-state index in [-0.39, 0.29) is 5.41 Å². The molecule has 0 aliphatic rings. The number of aromatic nitrogens is 2. The first-order valence-corrected chi connectivity index (χ1v) is 11.8. The Hall–Kier alpha value is -2.17. The fourth-order valence-electron chi connectivity index (χ4n) is 3.22. The van der Waals surface area contributed by atoms with Crippen molar-refractivity contribution >= 4 is 34.6 Å². The Bertz CT molecular complexity index is 1060. The second-order valence-corrected chi connectivity index (χ2v) is 10.1. The van der Waals surface area contributed by atoms with Crippen LogP contribution in [0, 0.1) is 5.41 Å². The number of rotatable bonds is 8. The van der Waals surface area contributed by atoms with Gasteiger partial charge in [-0.25, -0.2) is 4.98 Å². The predicted octanol–water partition coefficient (Wildman–Crippen LogP) is 7.40. The first-order chi connectivity index (χ1) is 14.1. The van der Waals surface area contributed by atoms with Gasteiger partial charge in [-0.2, -0.15) is 0 Å². The minimum Gasteiger partial charge on any atom is -0.319 e. The molecule has 0 fully saturated rings. The zero-order valence-electron chi connectivity index (χ0n) is 16.9. The summed E-state index contributed by atoms with van der Waals surface area (Å²) in [4.78, 5) is 7.49. The van der Waals surface area contributed by atoms with Gasteiger partial charge in [0.25, 0.3) is 0 Å². The molecule has 0 bridgehead atoms. The van der Waals surface area contributed by atoms with E-state index >= 15 is 0 Å². The van der Waals surface area contributed by atoms with Crippen molar-refractivity contribution in [1.82, 2.24) is 9.55 Å². The summed E-state index contributed by atoms with van der Waals surface area (Å²) in [7, 11) is 0. The Morgan fingerprint density at radius 1 is 0.793 bits per heavy atom. The largest absolute Gasteiger partial charge is 0.319 e. The van der Waals surface area contributed by atoms with Gasteiger partial charge in [0.15, 0.2) is 5.16 Å². The van der Waals surface area contributed by atoms with Crippen LogP contribution in [0.1, 0.15) is 20.3 Å². The summed E-state index contributed by atoms with van der Waals surface area (Å²) < 4.78 is 2.39. The smallest absolute Gasteiger partial charge is 0.173 e. The standard InChI is InChI=1S/C25H26N2S2/c1-25(2,19-28-20-11-5-3-6-12-20)17-18-27-23-16-10-9-15-22(23)26-24(27)29-21-13-7-4-8-14-21/h3-16H,17-19H2,1-2H3. The lowest BCUT2D eigenvalue weighted by atomic mass is 9.92. The third-order valence-corrected chi connectivity index (χ3v) is 7.49. The Morgan fingerprint density at radius 2 is 1.41 bits per heavy atom. The lowest BCUT2D eigenvalue weighted by molar-refractivity contribution is 0.355. The molecule has 0 atom stereocenters. The minimum atomic E-state index is 0.237. The molecular formula is C25H26N2S2. The first-order valence-electron chi connectivity index (χ1n) is 9.97. The van der Waals surface area contributed by atoms with Gasteiger partial charge in [-0.3, -0.25) is 0 Å². The normalized spacial score (nSPS) is 11.8. The maximum Gasteiger partial charge on any atom is 0.173 e. The molecule has 0 unspecified atom stereocenters. The van der Waals surface area contributed by atoms with Crippen LogP contribution in [0.3, 0.4) is 0 Å². The molecule has 1 aromatic heterocycles. The van der Waals surface area contributed by atoms with E-state index < -0.39 is 0 Å². The molecule has 1 heterocycles. The number of aryl methyl sites for hydroxylation is 1. The molecule has 2 nitrogen and oxygen atoms in total. The van der Waals surface area contributed by atoms with Crippen LogP contribution < -0.4 is 0 Å². The topological polar surface area (TPSA) is 17.8 Å². The highest BCUT2D eigenvalue weighted by molar-refractivity contribution is 7.99. The molecule has 0 radical (unpaired) electrons. The molecule has 148 valence electrons. The maximum absolute atomic E-state index is 4.92. The van der Waals surface area contributed by atoms with Crippen molar-refractivity contribution in [1.29, 1.82) is 0 Å². The molecule has 0 saturated heterocycles. The Balaban J connectivity index is 1.51. The van der Waals surface area contributed by atoms with E-state index in [0.29, 0.717) is 0 Å². The third kappa shape index (κ3) is 5.26. The lowest BCUT2D eigenvalue weighted by Gasteiger charge is -2.25. The van der Waals surface area contributed by atoms with E-state index in [1.807, 2.05) is 11.8 Å². The van der Waals surface area contributed by atoms with E-state index in [0.717, 1.165) is 29.4 Å². The fourth-order valence-corrected chi connectivity index (χ4v) is 5.22. The molecule has 0 saturated carbocycles.